The SMILES string of the molecule is Cc1cccc(C)c1OCc1n[nH]c(=S)n1/N=C\c1ccc(N(C)CCC#N)cc1. The van der Waals surface area contributed by atoms with Crippen molar-refractivity contribution >= 4 is 24.1 Å². The summed E-state index contributed by atoms with van der Waals surface area (Å²) < 4.78 is 7.95. The van der Waals surface area contributed by atoms with Gasteiger partial charge in [0.05, 0.1) is 18.7 Å². The summed E-state index contributed by atoms with van der Waals surface area (Å²) >= 11 is 5.31. The molecule has 0 unspecified atom stereocenters. The van der Waals surface area contributed by atoms with Gasteiger partial charge >= 0.3 is 0 Å². The summed E-state index contributed by atoms with van der Waals surface area (Å²) in [6.07, 6.45) is 2.22. The average molecular weight is 421 g/mol. The normalized spacial score (nSPS) is 10.9. The fraction of sp³-hybridized carbons (Fsp3) is 0.273. The molecule has 2 aromatic carbocycles. The van der Waals surface area contributed by atoms with Crippen molar-refractivity contribution in [1.82, 2.24) is 14.9 Å². The molecule has 0 bridgehead atoms. The topological polar surface area (TPSA) is 82.2 Å². The highest BCUT2D eigenvalue weighted by Gasteiger charge is 2.09. The number of hydrogen-bond acceptors (Lipinski definition) is 6. The van der Waals surface area contributed by atoms with Gasteiger partial charge in [-0.2, -0.15) is 20.1 Å². The van der Waals surface area contributed by atoms with Crippen molar-refractivity contribution < 1.29 is 4.74 Å². The molecule has 30 heavy (non-hydrogen) atoms. The lowest BCUT2D eigenvalue weighted by molar-refractivity contribution is 0.287. The van der Waals surface area contributed by atoms with Gasteiger partial charge in [0.15, 0.2) is 5.82 Å². The minimum absolute atomic E-state index is 0.249. The number of nitrogens with zero attached hydrogens (tertiary/aromatic N) is 5. The predicted molar refractivity (Wildman–Crippen MR) is 121 cm³/mol. The molecule has 1 N–H and O–H groups in total. The van der Waals surface area contributed by atoms with E-state index in [9.17, 15) is 0 Å². The van der Waals surface area contributed by atoms with Gasteiger partial charge in [0.25, 0.3) is 0 Å². The molecule has 0 fully saturated rings. The second kappa shape index (κ2) is 9.85. The largest absolute Gasteiger partial charge is 0.485 e. The zero-order valence-corrected chi connectivity index (χ0v) is 18.1. The van der Waals surface area contributed by atoms with Gasteiger partial charge in [-0.3, -0.25) is 0 Å². The fourth-order valence-electron chi connectivity index (χ4n) is 2.99. The maximum atomic E-state index is 8.72. The number of anilines is 1. The molecule has 3 aromatic rings. The van der Waals surface area contributed by atoms with Crippen LogP contribution in [0.5, 0.6) is 5.75 Å². The Balaban J connectivity index is 1.71. The van der Waals surface area contributed by atoms with Gasteiger partial charge in [0, 0.05) is 19.3 Å². The van der Waals surface area contributed by atoms with Crippen LogP contribution in [-0.4, -0.2) is 34.7 Å². The number of H-pyrrole nitrogens is 1. The highest BCUT2D eigenvalue weighted by atomic mass is 32.1. The van der Waals surface area contributed by atoms with Gasteiger partial charge in [0.2, 0.25) is 4.77 Å². The Labute approximate surface area is 181 Å². The predicted octanol–water partition coefficient (Wildman–Crippen LogP) is 4.37. The molecule has 0 aliphatic rings. The van der Waals surface area contributed by atoms with Crippen molar-refractivity contribution in [2.24, 2.45) is 5.10 Å². The van der Waals surface area contributed by atoms with E-state index in [2.05, 4.69) is 21.4 Å². The number of para-hydroxylation sites is 1. The van der Waals surface area contributed by atoms with Crippen LogP contribution < -0.4 is 9.64 Å². The van der Waals surface area contributed by atoms with E-state index in [1.54, 1.807) is 10.9 Å². The van der Waals surface area contributed by atoms with Crippen LogP contribution in [-0.2, 0) is 6.61 Å². The van der Waals surface area contributed by atoms with Crippen LogP contribution in [0.3, 0.4) is 0 Å². The van der Waals surface area contributed by atoms with Crippen LogP contribution in [0.25, 0.3) is 0 Å². The summed E-state index contributed by atoms with van der Waals surface area (Å²) in [5.74, 6) is 1.44. The van der Waals surface area contributed by atoms with Gasteiger partial charge < -0.3 is 9.64 Å². The van der Waals surface area contributed by atoms with E-state index in [-0.39, 0.29) is 6.61 Å². The maximum Gasteiger partial charge on any atom is 0.216 e. The van der Waals surface area contributed by atoms with Crippen molar-refractivity contribution in [3.8, 4) is 11.8 Å². The van der Waals surface area contributed by atoms with E-state index in [1.807, 2.05) is 68.3 Å². The lowest BCUT2D eigenvalue weighted by Crippen LogP contribution is -2.17. The average Bonchev–Trinajstić information content (AvgIpc) is 3.10. The first-order chi connectivity index (χ1) is 14.5. The van der Waals surface area contributed by atoms with E-state index in [0.29, 0.717) is 23.6 Å². The highest BCUT2D eigenvalue weighted by molar-refractivity contribution is 7.71. The van der Waals surface area contributed by atoms with Gasteiger partial charge in [0.1, 0.15) is 12.4 Å². The summed E-state index contributed by atoms with van der Waals surface area (Å²) in [6.45, 7) is 4.97. The van der Waals surface area contributed by atoms with Crippen molar-refractivity contribution in [1.29, 1.82) is 5.26 Å². The molecule has 0 atom stereocenters. The maximum absolute atomic E-state index is 8.72. The van der Waals surface area contributed by atoms with Crippen LogP contribution >= 0.6 is 12.2 Å². The van der Waals surface area contributed by atoms with Crippen molar-refractivity contribution in [3.63, 3.8) is 0 Å². The third-order valence-electron chi connectivity index (χ3n) is 4.69. The van der Waals surface area contributed by atoms with Crippen molar-refractivity contribution in [2.75, 3.05) is 18.5 Å². The van der Waals surface area contributed by atoms with E-state index in [0.717, 1.165) is 28.1 Å². The molecule has 0 saturated carbocycles. The number of hydrogen-bond donors (Lipinski definition) is 1. The van der Waals surface area contributed by atoms with Crippen LogP contribution in [0.15, 0.2) is 47.6 Å². The van der Waals surface area contributed by atoms with Crippen LogP contribution in [0.1, 0.15) is 28.9 Å². The smallest absolute Gasteiger partial charge is 0.216 e. The third-order valence-corrected chi connectivity index (χ3v) is 4.95. The standard InChI is InChI=1S/C22H24N6OS/c1-16-6-4-7-17(2)21(16)29-15-20-25-26-22(30)28(20)24-14-18-8-10-19(11-9-18)27(3)13-5-12-23/h4,6-11,14H,5,13,15H2,1-3H3,(H,26,30)/b24-14-. The monoisotopic (exact) mass is 420 g/mol. The van der Waals surface area contributed by atoms with Crippen molar-refractivity contribution in [3.05, 3.63) is 69.8 Å². The molecule has 8 heteroatoms. The Bertz CT molecular complexity index is 1100. The quantitative estimate of drug-likeness (QED) is 0.432. The van der Waals surface area contributed by atoms with E-state index in [4.69, 9.17) is 22.2 Å². The number of nitrogens with one attached hydrogen (secondary N) is 1. The van der Waals surface area contributed by atoms with Crippen molar-refractivity contribution in [2.45, 2.75) is 26.9 Å². The first-order valence-electron chi connectivity index (χ1n) is 9.57. The molecule has 0 radical (unpaired) electrons. The molecule has 0 spiro atoms. The molecule has 1 aromatic heterocycles. The Kier molecular flexibility index (Phi) is 6.99. The number of aryl methyl sites for hydroxylation is 2. The molecule has 0 aliphatic heterocycles. The molecular formula is C22H24N6OS. The molecule has 1 heterocycles. The molecule has 7 nitrogen and oxygen atoms in total. The lowest BCUT2D eigenvalue weighted by Gasteiger charge is -2.17. The number of rotatable bonds is 8. The molecule has 0 amide bonds. The zero-order valence-electron chi connectivity index (χ0n) is 17.3. The molecule has 0 aliphatic carbocycles. The molecule has 154 valence electrons. The summed E-state index contributed by atoms with van der Waals surface area (Å²) in [5.41, 5.74) is 4.11. The van der Waals surface area contributed by atoms with Crippen LogP contribution in [0.4, 0.5) is 5.69 Å². The number of benzene rings is 2. The van der Waals surface area contributed by atoms with E-state index in [1.165, 1.54) is 0 Å². The van der Waals surface area contributed by atoms with Crippen LogP contribution in [0.2, 0.25) is 0 Å². The van der Waals surface area contributed by atoms with E-state index < -0.39 is 0 Å². The highest BCUT2D eigenvalue weighted by Crippen LogP contribution is 2.23. The first-order valence-corrected chi connectivity index (χ1v) is 9.98. The first kappa shape index (κ1) is 21.3. The Morgan fingerprint density at radius 3 is 2.60 bits per heavy atom. The molecule has 0 saturated heterocycles. The second-order valence-corrected chi connectivity index (χ2v) is 7.32. The summed E-state index contributed by atoms with van der Waals surface area (Å²) in [4.78, 5) is 2.04. The summed E-state index contributed by atoms with van der Waals surface area (Å²) in [7, 11) is 1.97. The number of nitriles is 1. The number of aromatic nitrogens is 3. The Morgan fingerprint density at radius 1 is 1.23 bits per heavy atom. The molecule has 3 rings (SSSR count). The summed E-state index contributed by atoms with van der Waals surface area (Å²) in [6, 6.07) is 16.1. The lowest BCUT2D eigenvalue weighted by atomic mass is 10.1. The van der Waals surface area contributed by atoms with Gasteiger partial charge in [-0.25, -0.2) is 5.10 Å². The summed E-state index contributed by atoms with van der Waals surface area (Å²) in [5, 5.41) is 20.2. The van der Waals surface area contributed by atoms with Gasteiger partial charge in [-0.05, 0) is 54.9 Å². The van der Waals surface area contributed by atoms with Gasteiger partial charge in [-0.15, -0.1) is 0 Å². The Hall–Kier alpha value is -3.44. The number of ether oxygens (including phenoxy) is 1. The minimum atomic E-state index is 0.249. The van der Waals surface area contributed by atoms with E-state index >= 15 is 0 Å². The second-order valence-electron chi connectivity index (χ2n) is 6.93. The molecular weight excluding hydrogens is 396 g/mol. The third kappa shape index (κ3) is 5.13. The minimum Gasteiger partial charge on any atom is -0.485 e. The zero-order chi connectivity index (χ0) is 21.5. The van der Waals surface area contributed by atoms with Gasteiger partial charge in [-0.1, -0.05) is 30.3 Å². The van der Waals surface area contributed by atoms with Crippen LogP contribution in [0, 0.1) is 29.9 Å². The fourth-order valence-corrected chi connectivity index (χ4v) is 3.18. The Morgan fingerprint density at radius 2 is 1.93 bits per heavy atom. The number of aromatic amines is 1.